The van der Waals surface area contributed by atoms with Crippen LogP contribution in [-0.2, 0) is 4.79 Å². The van der Waals surface area contributed by atoms with Crippen molar-refractivity contribution in [2.45, 2.75) is 27.7 Å². The maximum atomic E-state index is 12.6. The first-order valence-electron chi connectivity index (χ1n) is 4.13. The number of hydrogen-bond donors (Lipinski definition) is 0. The Balaban J connectivity index is 0.000000310. The molecule has 0 spiro atoms. The SMILES string of the molecule is CC(C)=O.Cc1ccc(C)c(F)c1. The van der Waals surface area contributed by atoms with Gasteiger partial charge >= 0.3 is 0 Å². The minimum absolute atomic E-state index is 0.116. The summed E-state index contributed by atoms with van der Waals surface area (Å²) < 4.78 is 12.6. The third-order valence-electron chi connectivity index (χ3n) is 1.33. The fourth-order valence-corrected chi connectivity index (χ4v) is 0.698. The third-order valence-corrected chi connectivity index (χ3v) is 1.33. The van der Waals surface area contributed by atoms with Gasteiger partial charge in [0.25, 0.3) is 0 Å². The molecule has 0 N–H and O–H groups in total. The number of hydrogen-bond acceptors (Lipinski definition) is 1. The number of Topliss-reactive ketones (excluding diaryl/α,β-unsaturated/α-hetero) is 1. The quantitative estimate of drug-likeness (QED) is 0.602. The second-order valence-corrected chi connectivity index (χ2v) is 3.16. The summed E-state index contributed by atoms with van der Waals surface area (Å²) in [6.07, 6.45) is 0. The Bertz CT molecular complexity index is 288. The van der Waals surface area contributed by atoms with Crippen LogP contribution in [0.25, 0.3) is 0 Å². The van der Waals surface area contributed by atoms with Gasteiger partial charge in [0.15, 0.2) is 0 Å². The van der Waals surface area contributed by atoms with Crippen molar-refractivity contribution < 1.29 is 9.18 Å². The summed E-state index contributed by atoms with van der Waals surface area (Å²) in [7, 11) is 0. The second-order valence-electron chi connectivity index (χ2n) is 3.16. The number of benzene rings is 1. The highest BCUT2D eigenvalue weighted by molar-refractivity contribution is 5.72. The molecule has 0 atom stereocenters. The molecule has 0 aromatic heterocycles. The molecule has 0 saturated heterocycles. The fraction of sp³-hybridized carbons (Fsp3) is 0.364. The van der Waals surface area contributed by atoms with Gasteiger partial charge < -0.3 is 4.79 Å². The first-order valence-corrected chi connectivity index (χ1v) is 4.13. The molecule has 0 radical (unpaired) electrons. The van der Waals surface area contributed by atoms with E-state index in [1.807, 2.05) is 13.0 Å². The molecule has 0 aliphatic carbocycles. The number of halogens is 1. The summed E-state index contributed by atoms with van der Waals surface area (Å²) in [6, 6.07) is 5.22. The van der Waals surface area contributed by atoms with E-state index < -0.39 is 0 Å². The van der Waals surface area contributed by atoms with Gasteiger partial charge in [-0.2, -0.15) is 0 Å². The van der Waals surface area contributed by atoms with Crippen LogP contribution >= 0.6 is 0 Å². The van der Waals surface area contributed by atoms with E-state index in [1.165, 1.54) is 19.9 Å². The van der Waals surface area contributed by atoms with Crippen molar-refractivity contribution in [3.05, 3.63) is 35.1 Å². The maximum Gasteiger partial charge on any atom is 0.126 e. The lowest BCUT2D eigenvalue weighted by Gasteiger charge is -1.94. The van der Waals surface area contributed by atoms with Crippen LogP contribution in [0.3, 0.4) is 0 Å². The number of carbonyl (C=O) groups excluding carboxylic acids is 1. The molecule has 1 aromatic rings. The average molecular weight is 182 g/mol. The molecular weight excluding hydrogens is 167 g/mol. The molecule has 0 saturated carbocycles. The predicted molar refractivity (Wildman–Crippen MR) is 52.2 cm³/mol. The van der Waals surface area contributed by atoms with Gasteiger partial charge in [0.2, 0.25) is 0 Å². The summed E-state index contributed by atoms with van der Waals surface area (Å²) in [5, 5.41) is 0. The van der Waals surface area contributed by atoms with Crippen molar-refractivity contribution in [3.63, 3.8) is 0 Å². The Morgan fingerprint density at radius 1 is 1.23 bits per heavy atom. The molecule has 1 rings (SSSR count). The zero-order valence-electron chi connectivity index (χ0n) is 8.52. The van der Waals surface area contributed by atoms with E-state index in [0.29, 0.717) is 5.56 Å². The molecular formula is C11H15FO. The van der Waals surface area contributed by atoms with Crippen LogP contribution < -0.4 is 0 Å². The Hall–Kier alpha value is -1.18. The first kappa shape index (κ1) is 11.8. The van der Waals surface area contributed by atoms with Gasteiger partial charge in [0.1, 0.15) is 11.6 Å². The van der Waals surface area contributed by atoms with E-state index in [0.717, 1.165) is 5.56 Å². The molecule has 13 heavy (non-hydrogen) atoms. The third kappa shape index (κ3) is 6.02. The number of carbonyl (C=O) groups is 1. The van der Waals surface area contributed by atoms with Gasteiger partial charge in [0.05, 0.1) is 0 Å². The van der Waals surface area contributed by atoms with E-state index in [4.69, 9.17) is 0 Å². The van der Waals surface area contributed by atoms with Crippen LogP contribution in [0, 0.1) is 19.7 Å². The second kappa shape index (κ2) is 5.46. The van der Waals surface area contributed by atoms with Crippen molar-refractivity contribution in [1.29, 1.82) is 0 Å². The van der Waals surface area contributed by atoms with Crippen LogP contribution in [-0.4, -0.2) is 5.78 Å². The first-order chi connectivity index (χ1) is 5.93. The average Bonchev–Trinajstić information content (AvgIpc) is 1.96. The van der Waals surface area contributed by atoms with E-state index in [1.54, 1.807) is 13.0 Å². The van der Waals surface area contributed by atoms with Crippen molar-refractivity contribution in [3.8, 4) is 0 Å². The van der Waals surface area contributed by atoms with Crippen molar-refractivity contribution >= 4 is 5.78 Å². The maximum absolute atomic E-state index is 12.6. The van der Waals surface area contributed by atoms with Gasteiger partial charge in [-0.05, 0) is 44.9 Å². The normalized spacial score (nSPS) is 8.69. The minimum Gasteiger partial charge on any atom is -0.300 e. The zero-order valence-corrected chi connectivity index (χ0v) is 8.52. The number of aryl methyl sites for hydroxylation is 2. The van der Waals surface area contributed by atoms with E-state index in [-0.39, 0.29) is 11.6 Å². The summed E-state index contributed by atoms with van der Waals surface area (Å²) in [5.41, 5.74) is 1.68. The Labute approximate surface area is 78.6 Å². The molecule has 0 aliphatic rings. The molecule has 1 nitrogen and oxygen atoms in total. The highest BCUT2D eigenvalue weighted by atomic mass is 19.1. The Morgan fingerprint density at radius 3 is 2.00 bits per heavy atom. The van der Waals surface area contributed by atoms with E-state index in [2.05, 4.69) is 0 Å². The van der Waals surface area contributed by atoms with Crippen LogP contribution in [0.15, 0.2) is 18.2 Å². The lowest BCUT2D eigenvalue weighted by atomic mass is 10.2. The molecule has 2 heteroatoms. The topological polar surface area (TPSA) is 17.1 Å². The molecule has 0 amide bonds. The Kier molecular flexibility index (Phi) is 4.97. The standard InChI is InChI=1S/C8H9F.C3H6O/c1-6-3-4-7(2)8(9)5-6;1-3(2)4/h3-5H,1-2H3;1-2H3. The van der Waals surface area contributed by atoms with Gasteiger partial charge in [-0.3, -0.25) is 0 Å². The monoisotopic (exact) mass is 182 g/mol. The van der Waals surface area contributed by atoms with Crippen molar-refractivity contribution in [1.82, 2.24) is 0 Å². The van der Waals surface area contributed by atoms with Gasteiger partial charge in [-0.15, -0.1) is 0 Å². The van der Waals surface area contributed by atoms with Gasteiger partial charge in [-0.25, -0.2) is 4.39 Å². The van der Waals surface area contributed by atoms with Crippen LogP contribution in [0.5, 0.6) is 0 Å². The summed E-state index contributed by atoms with van der Waals surface area (Å²) in [5.74, 6) is 0.0509. The minimum atomic E-state index is -0.116. The smallest absolute Gasteiger partial charge is 0.126 e. The van der Waals surface area contributed by atoms with Crippen LogP contribution in [0.4, 0.5) is 4.39 Å². The van der Waals surface area contributed by atoms with Gasteiger partial charge in [0, 0.05) is 0 Å². The fourth-order valence-electron chi connectivity index (χ4n) is 0.698. The molecule has 0 unspecified atom stereocenters. The number of ketones is 1. The number of rotatable bonds is 0. The van der Waals surface area contributed by atoms with Crippen molar-refractivity contribution in [2.75, 3.05) is 0 Å². The molecule has 0 bridgehead atoms. The molecule has 0 fully saturated rings. The van der Waals surface area contributed by atoms with E-state index >= 15 is 0 Å². The summed E-state index contributed by atoms with van der Waals surface area (Å²) >= 11 is 0. The lowest BCUT2D eigenvalue weighted by molar-refractivity contribution is -0.114. The molecule has 0 heterocycles. The molecule has 0 aliphatic heterocycles. The van der Waals surface area contributed by atoms with Crippen molar-refractivity contribution in [2.24, 2.45) is 0 Å². The lowest BCUT2D eigenvalue weighted by Crippen LogP contribution is -1.81. The zero-order chi connectivity index (χ0) is 10.4. The highest BCUT2D eigenvalue weighted by Gasteiger charge is 1.93. The van der Waals surface area contributed by atoms with Crippen LogP contribution in [0.2, 0.25) is 0 Å². The summed E-state index contributed by atoms with van der Waals surface area (Å²) in [4.78, 5) is 9.44. The highest BCUT2D eigenvalue weighted by Crippen LogP contribution is 2.06. The Morgan fingerprint density at radius 2 is 1.69 bits per heavy atom. The van der Waals surface area contributed by atoms with Crippen LogP contribution in [0.1, 0.15) is 25.0 Å². The predicted octanol–water partition coefficient (Wildman–Crippen LogP) is 3.04. The van der Waals surface area contributed by atoms with Gasteiger partial charge in [-0.1, -0.05) is 12.1 Å². The molecule has 72 valence electrons. The van der Waals surface area contributed by atoms with E-state index in [9.17, 15) is 9.18 Å². The summed E-state index contributed by atoms with van der Waals surface area (Å²) in [6.45, 7) is 6.69. The molecule has 1 aromatic carbocycles. The largest absolute Gasteiger partial charge is 0.300 e.